The number of ketones is 2. The first-order valence-electron chi connectivity index (χ1n) is 24.7. The largest absolute Gasteiger partial charge is 0.480 e. The van der Waals surface area contributed by atoms with Gasteiger partial charge in [0, 0.05) is 73.9 Å². The maximum atomic E-state index is 14.7. The monoisotopic (exact) mass is 1020 g/mol. The summed E-state index contributed by atoms with van der Waals surface area (Å²) in [5, 5.41) is 20.2. The normalized spacial score (nSPS) is 33.9. The molecule has 4 aliphatic rings. The van der Waals surface area contributed by atoms with Crippen LogP contribution in [-0.4, -0.2) is 181 Å². The number of carboxylic acid groups (broad SMARTS) is 1. The molecular weight excluding hydrogens is 941 g/mol. The number of fused-ring (bicyclic) bond motifs is 1. The number of cyclic esters (lactones) is 1. The number of carbonyl (C=O) groups is 6. The highest BCUT2D eigenvalue weighted by Gasteiger charge is 2.60. The molecule has 0 saturated carbocycles. The minimum Gasteiger partial charge on any atom is -0.480 e. The number of carboxylic acids is 1. The second-order valence-corrected chi connectivity index (χ2v) is 20.8. The van der Waals surface area contributed by atoms with Crippen LogP contribution in [0.1, 0.15) is 94.4 Å². The third-order valence-electron chi connectivity index (χ3n) is 14.5. The quantitative estimate of drug-likeness (QED) is 0.109. The average Bonchev–Trinajstić information content (AvgIpc) is 4.09. The summed E-state index contributed by atoms with van der Waals surface area (Å²) in [6, 6.07) is 2.01. The minimum atomic E-state index is -1.40. The number of nitrogens with zero attached hydrogens (tertiary/aromatic N) is 6. The highest BCUT2D eigenvalue weighted by Crippen LogP contribution is 2.43. The van der Waals surface area contributed by atoms with Gasteiger partial charge in [-0.05, 0) is 93.0 Å². The molecule has 2 amide bonds. The van der Waals surface area contributed by atoms with Crippen molar-refractivity contribution in [1.82, 2.24) is 29.2 Å². The highest BCUT2D eigenvalue weighted by atomic mass is 32.2. The predicted molar refractivity (Wildman–Crippen MR) is 262 cm³/mol. The molecule has 0 aromatic carbocycles. The zero-order valence-electron chi connectivity index (χ0n) is 43.3. The Kier molecular flexibility index (Phi) is 20.0. The van der Waals surface area contributed by atoms with Crippen LogP contribution in [0.4, 0.5) is 9.59 Å². The van der Waals surface area contributed by atoms with Gasteiger partial charge in [-0.1, -0.05) is 27.7 Å². The van der Waals surface area contributed by atoms with E-state index in [9.17, 15) is 33.9 Å². The Hall–Kier alpha value is -4.67. The lowest BCUT2D eigenvalue weighted by Gasteiger charge is -2.47. The van der Waals surface area contributed by atoms with Gasteiger partial charge < -0.3 is 53.0 Å². The van der Waals surface area contributed by atoms with Crippen LogP contribution in [0.15, 0.2) is 37.1 Å². The van der Waals surface area contributed by atoms with E-state index in [1.54, 1.807) is 58.2 Å². The second kappa shape index (κ2) is 24.8. The van der Waals surface area contributed by atoms with E-state index in [1.807, 2.05) is 62.7 Å². The maximum absolute atomic E-state index is 14.7. The van der Waals surface area contributed by atoms with Gasteiger partial charge in [0.05, 0.1) is 48.4 Å². The molecule has 14 atom stereocenters. The number of amides is 2. The number of aliphatic carboxylic acids is 1. The van der Waals surface area contributed by atoms with Crippen LogP contribution in [0.3, 0.4) is 0 Å². The molecule has 4 fully saturated rings. The molecule has 0 bridgehead atoms. The summed E-state index contributed by atoms with van der Waals surface area (Å²) >= 11 is 1.42. The lowest BCUT2D eigenvalue weighted by atomic mass is 9.73. The van der Waals surface area contributed by atoms with Gasteiger partial charge in [0.25, 0.3) is 0 Å². The fourth-order valence-electron chi connectivity index (χ4n) is 10.5. The van der Waals surface area contributed by atoms with Crippen LogP contribution in [-0.2, 0) is 54.1 Å². The SMILES string of the molecule is CCOC(=O)N1CSC[C@H]1C(=O)O.CC[C@H]1OC(=O)[C@H](C)C(=O)[C@H](C)[C@@H](O[C@@H]2O[C@H](C)C[C@H](N(C)C)[C@H]2O)[C@](C)(OC)C[C@@H](C)C(=O)[C@H](C)[C@H]2N(CCCCn3cnc(-c4cccnc4)c3)C(=O)O[C@]12C. The molecule has 4 saturated heterocycles. The lowest BCUT2D eigenvalue weighted by Crippen LogP contribution is -2.60. The number of carbonyl (C=O) groups excluding carboxylic acids is 5. The summed E-state index contributed by atoms with van der Waals surface area (Å²) in [6.45, 7) is 16.9. The number of imidazole rings is 1. The minimum absolute atomic E-state index is 0.130. The number of rotatable bonds is 13. The first-order chi connectivity index (χ1) is 33.5. The van der Waals surface area contributed by atoms with Gasteiger partial charge in [-0.2, -0.15) is 0 Å². The summed E-state index contributed by atoms with van der Waals surface area (Å²) in [7, 11) is 5.24. The van der Waals surface area contributed by atoms with Crippen molar-refractivity contribution in [3.05, 3.63) is 37.1 Å². The number of aromatic nitrogens is 3. The molecule has 0 aliphatic carbocycles. The van der Waals surface area contributed by atoms with E-state index < -0.39 is 101 Å². The zero-order valence-corrected chi connectivity index (χ0v) is 44.2. The van der Waals surface area contributed by atoms with E-state index in [1.165, 1.54) is 30.7 Å². The second-order valence-electron chi connectivity index (χ2n) is 19.8. The van der Waals surface area contributed by atoms with Crippen molar-refractivity contribution in [1.29, 1.82) is 0 Å². The predicted octanol–water partition coefficient (Wildman–Crippen LogP) is 5.53. The van der Waals surface area contributed by atoms with E-state index >= 15 is 0 Å². The average molecular weight is 1020 g/mol. The van der Waals surface area contributed by atoms with E-state index in [0.717, 1.165) is 11.3 Å². The molecule has 0 radical (unpaired) electrons. The van der Waals surface area contributed by atoms with Gasteiger partial charge in [-0.15, -0.1) is 11.8 Å². The first-order valence-corrected chi connectivity index (χ1v) is 25.8. The van der Waals surface area contributed by atoms with Gasteiger partial charge in [0.1, 0.15) is 30.0 Å². The number of hydrogen-bond donors (Lipinski definition) is 2. The molecule has 6 rings (SSSR count). The number of likely N-dealkylation sites (N-methyl/N-ethyl adjacent to an activating group) is 1. The summed E-state index contributed by atoms with van der Waals surface area (Å²) in [4.78, 5) is 92.1. The molecule has 396 valence electrons. The number of pyridine rings is 1. The van der Waals surface area contributed by atoms with Crippen molar-refractivity contribution in [2.24, 2.45) is 23.7 Å². The molecule has 0 unspecified atom stereocenters. The fourth-order valence-corrected chi connectivity index (χ4v) is 11.6. The van der Waals surface area contributed by atoms with Crippen molar-refractivity contribution in [2.45, 2.75) is 161 Å². The van der Waals surface area contributed by atoms with Crippen LogP contribution in [0.2, 0.25) is 0 Å². The van der Waals surface area contributed by atoms with Crippen LogP contribution < -0.4 is 0 Å². The molecule has 6 heterocycles. The standard InChI is InChI=1S/C43H65N5O10.C7H11NO4S/c1-12-33-43(8)37(48(41(53)58-43)19-14-13-18-47-23-31(45-24-47)30-16-15-17-44-22-30)27(4)34(49)25(2)21-42(7,54-11)38(28(5)35(50)29(6)39(52)56-33)57-40-36(51)32(46(9)10)20-26(3)55-40;1-2-12-7(11)8-4-13-3-5(8)6(9)10/h15-17,22-29,32-33,36-38,40,51H,12-14,18-21H2,1-11H3;5H,2-4H2,1H3,(H,9,10)/t25-,26-,27+,28+,29-,32+,33-,36-,37-,38-,40+,42-,43-;5-/m10/s1. The maximum Gasteiger partial charge on any atom is 0.411 e. The summed E-state index contributed by atoms with van der Waals surface area (Å²) in [5.74, 6) is -5.09. The van der Waals surface area contributed by atoms with Gasteiger partial charge >= 0.3 is 24.1 Å². The third kappa shape index (κ3) is 13.1. The summed E-state index contributed by atoms with van der Waals surface area (Å²) < 4.78 is 37.9. The molecule has 2 aromatic heterocycles. The molecule has 2 aromatic rings. The van der Waals surface area contributed by atoms with Gasteiger partial charge in [0.15, 0.2) is 17.7 Å². The number of unbranched alkanes of at least 4 members (excludes halogenated alkanes) is 1. The van der Waals surface area contributed by atoms with Crippen LogP contribution in [0.5, 0.6) is 0 Å². The number of aliphatic hydroxyl groups excluding tert-OH is 1. The van der Waals surface area contributed by atoms with Gasteiger partial charge in [-0.3, -0.25) is 24.3 Å². The number of esters is 1. The Morgan fingerprint density at radius 2 is 1.72 bits per heavy atom. The van der Waals surface area contributed by atoms with E-state index in [2.05, 4.69) is 9.97 Å². The number of hydrogen-bond acceptors (Lipinski definition) is 17. The van der Waals surface area contributed by atoms with Crippen LogP contribution in [0.25, 0.3) is 11.3 Å². The van der Waals surface area contributed by atoms with E-state index in [4.69, 9.17) is 33.5 Å². The molecule has 2 N–H and O–H groups in total. The van der Waals surface area contributed by atoms with Crippen molar-refractivity contribution >= 4 is 47.5 Å². The van der Waals surface area contributed by atoms with Crippen molar-refractivity contribution in [3.8, 4) is 11.3 Å². The van der Waals surface area contributed by atoms with Crippen molar-refractivity contribution in [3.63, 3.8) is 0 Å². The Morgan fingerprint density at radius 1 is 1.01 bits per heavy atom. The Labute approximate surface area is 421 Å². The number of methoxy groups -OCH3 is 1. The van der Waals surface area contributed by atoms with Gasteiger partial charge in [0.2, 0.25) is 0 Å². The Balaban J connectivity index is 0.000000624. The van der Waals surface area contributed by atoms with E-state index in [0.29, 0.717) is 44.0 Å². The number of aryl methyl sites for hydroxylation is 1. The first kappa shape index (κ1) is 57.2. The number of thioether (sulfide) groups is 1. The third-order valence-corrected chi connectivity index (χ3v) is 15.5. The van der Waals surface area contributed by atoms with Gasteiger partial charge in [-0.25, -0.2) is 19.4 Å². The molecule has 21 heteroatoms. The molecule has 4 aliphatic heterocycles. The van der Waals surface area contributed by atoms with Crippen molar-refractivity contribution < 1.29 is 67.4 Å². The number of aliphatic hydroxyl groups is 1. The van der Waals surface area contributed by atoms with Crippen LogP contribution in [0, 0.1) is 23.7 Å². The number of Topliss-reactive ketones (excluding diaryl/α,β-unsaturated/α-hetero) is 2. The fraction of sp³-hybridized carbons (Fsp3) is 0.720. The number of ether oxygens (including phenoxy) is 6. The Bertz CT molecular complexity index is 2150. The smallest absolute Gasteiger partial charge is 0.411 e. The molecular formula is C50H76N6O14S. The van der Waals surface area contributed by atoms with Crippen LogP contribution >= 0.6 is 11.8 Å². The lowest BCUT2D eigenvalue weighted by molar-refractivity contribution is -0.295. The summed E-state index contributed by atoms with van der Waals surface area (Å²) in [5.41, 5.74) is -0.938. The Morgan fingerprint density at radius 3 is 2.34 bits per heavy atom. The zero-order chi connectivity index (χ0) is 52.5. The molecule has 20 nitrogen and oxygen atoms in total. The summed E-state index contributed by atoms with van der Waals surface area (Å²) in [6.07, 6.45) is 3.91. The topological polar surface area (TPSA) is 239 Å². The molecule has 71 heavy (non-hydrogen) atoms. The molecule has 0 spiro atoms. The van der Waals surface area contributed by atoms with E-state index in [-0.39, 0.29) is 37.4 Å². The van der Waals surface area contributed by atoms with Crippen molar-refractivity contribution in [2.75, 3.05) is 46.0 Å². The highest BCUT2D eigenvalue weighted by molar-refractivity contribution is 7.99.